The number of carbonyl (C=O) groups excluding carboxylic acids is 2. The van der Waals surface area contributed by atoms with E-state index >= 15 is 0 Å². The van der Waals surface area contributed by atoms with Gasteiger partial charge in [0, 0.05) is 43.8 Å². The van der Waals surface area contributed by atoms with Gasteiger partial charge in [-0.3, -0.25) is 9.59 Å². The van der Waals surface area contributed by atoms with Crippen molar-refractivity contribution in [3.63, 3.8) is 0 Å². The van der Waals surface area contributed by atoms with Crippen molar-refractivity contribution in [2.24, 2.45) is 0 Å². The Kier molecular flexibility index (Phi) is 7.11. The molecule has 154 valence electrons. The summed E-state index contributed by atoms with van der Waals surface area (Å²) in [6.45, 7) is 4.11. The molecular formula is C20H20Cl3N3O3. The number of ether oxygens (including phenoxy) is 1. The highest BCUT2D eigenvalue weighted by Crippen LogP contribution is 2.30. The lowest BCUT2D eigenvalue weighted by Gasteiger charge is -2.36. The molecule has 2 aromatic carbocycles. The Balaban J connectivity index is 1.56. The molecule has 0 unspecified atom stereocenters. The summed E-state index contributed by atoms with van der Waals surface area (Å²) in [5.74, 6) is 0.120. The molecular weight excluding hydrogens is 437 g/mol. The molecule has 1 fully saturated rings. The van der Waals surface area contributed by atoms with Gasteiger partial charge in [-0.15, -0.1) is 0 Å². The first-order chi connectivity index (χ1) is 13.8. The van der Waals surface area contributed by atoms with Gasteiger partial charge >= 0.3 is 0 Å². The third-order valence-corrected chi connectivity index (χ3v) is 5.38. The van der Waals surface area contributed by atoms with Crippen LogP contribution in [0.15, 0.2) is 36.4 Å². The highest BCUT2D eigenvalue weighted by molar-refractivity contribution is 6.35. The second-order valence-electron chi connectivity index (χ2n) is 6.57. The normalized spacial score (nSPS) is 13.9. The van der Waals surface area contributed by atoms with Crippen molar-refractivity contribution in [2.45, 2.75) is 6.92 Å². The van der Waals surface area contributed by atoms with E-state index in [0.717, 1.165) is 5.69 Å². The van der Waals surface area contributed by atoms with Gasteiger partial charge in [0.15, 0.2) is 6.61 Å². The fourth-order valence-corrected chi connectivity index (χ4v) is 3.80. The Morgan fingerprint density at radius 1 is 1.00 bits per heavy atom. The number of rotatable bonds is 5. The van der Waals surface area contributed by atoms with Gasteiger partial charge in [-0.1, -0.05) is 34.8 Å². The van der Waals surface area contributed by atoms with Crippen LogP contribution in [0.3, 0.4) is 0 Å². The number of nitrogens with one attached hydrogen (secondary N) is 1. The predicted octanol–water partition coefficient (Wildman–Crippen LogP) is 4.33. The highest BCUT2D eigenvalue weighted by Gasteiger charge is 2.20. The molecule has 0 saturated carbocycles. The molecule has 0 atom stereocenters. The Labute approximate surface area is 184 Å². The maximum Gasteiger partial charge on any atom is 0.262 e. The van der Waals surface area contributed by atoms with E-state index in [9.17, 15) is 9.59 Å². The van der Waals surface area contributed by atoms with E-state index < -0.39 is 0 Å². The third kappa shape index (κ3) is 5.69. The smallest absolute Gasteiger partial charge is 0.262 e. The van der Waals surface area contributed by atoms with Crippen LogP contribution in [0.1, 0.15) is 6.92 Å². The van der Waals surface area contributed by atoms with Gasteiger partial charge in [-0.05, 0) is 36.4 Å². The topological polar surface area (TPSA) is 61.9 Å². The fourth-order valence-electron chi connectivity index (χ4n) is 3.04. The molecule has 1 heterocycles. The molecule has 1 aliphatic heterocycles. The van der Waals surface area contributed by atoms with Crippen LogP contribution in [-0.4, -0.2) is 49.5 Å². The van der Waals surface area contributed by atoms with Crippen LogP contribution < -0.4 is 15.0 Å². The summed E-state index contributed by atoms with van der Waals surface area (Å²) < 4.78 is 5.43. The molecule has 3 rings (SSSR count). The van der Waals surface area contributed by atoms with E-state index in [4.69, 9.17) is 39.5 Å². The summed E-state index contributed by atoms with van der Waals surface area (Å²) in [4.78, 5) is 27.6. The third-order valence-electron chi connectivity index (χ3n) is 4.55. The summed E-state index contributed by atoms with van der Waals surface area (Å²) in [5, 5.41) is 4.10. The van der Waals surface area contributed by atoms with Crippen molar-refractivity contribution in [3.8, 4) is 5.75 Å². The lowest BCUT2D eigenvalue weighted by molar-refractivity contribution is -0.129. The van der Waals surface area contributed by atoms with Crippen molar-refractivity contribution in [3.05, 3.63) is 51.5 Å². The van der Waals surface area contributed by atoms with Crippen LogP contribution in [0.5, 0.6) is 5.75 Å². The van der Waals surface area contributed by atoms with E-state index in [-0.39, 0.29) is 18.4 Å². The number of amides is 2. The summed E-state index contributed by atoms with van der Waals surface area (Å²) in [6.07, 6.45) is 0. The molecule has 0 spiro atoms. The van der Waals surface area contributed by atoms with E-state index in [2.05, 4.69) is 10.2 Å². The molecule has 1 N–H and O–H groups in total. The van der Waals surface area contributed by atoms with Crippen molar-refractivity contribution < 1.29 is 14.3 Å². The minimum Gasteiger partial charge on any atom is -0.482 e. The van der Waals surface area contributed by atoms with Crippen LogP contribution in [0.25, 0.3) is 0 Å². The van der Waals surface area contributed by atoms with Gasteiger partial charge in [-0.25, -0.2) is 0 Å². The summed E-state index contributed by atoms with van der Waals surface area (Å²) in [6, 6.07) is 10.1. The second kappa shape index (κ2) is 9.57. The number of benzene rings is 2. The first-order valence-electron chi connectivity index (χ1n) is 9.01. The molecule has 29 heavy (non-hydrogen) atoms. The first-order valence-corrected chi connectivity index (χ1v) is 10.1. The van der Waals surface area contributed by atoms with Crippen LogP contribution in [0.4, 0.5) is 11.4 Å². The van der Waals surface area contributed by atoms with Gasteiger partial charge in [0.1, 0.15) is 5.75 Å². The van der Waals surface area contributed by atoms with E-state index in [0.29, 0.717) is 52.7 Å². The Morgan fingerprint density at radius 3 is 2.34 bits per heavy atom. The molecule has 1 saturated heterocycles. The molecule has 0 radical (unpaired) electrons. The lowest BCUT2D eigenvalue weighted by Crippen LogP contribution is -2.48. The van der Waals surface area contributed by atoms with Gasteiger partial charge in [-0.2, -0.15) is 0 Å². The van der Waals surface area contributed by atoms with Crippen LogP contribution in [-0.2, 0) is 9.59 Å². The monoisotopic (exact) mass is 455 g/mol. The number of anilines is 2. The summed E-state index contributed by atoms with van der Waals surface area (Å²) in [7, 11) is 0. The zero-order valence-electron chi connectivity index (χ0n) is 15.8. The summed E-state index contributed by atoms with van der Waals surface area (Å²) >= 11 is 18.3. The second-order valence-corrected chi connectivity index (χ2v) is 7.82. The standard InChI is InChI=1S/C20H20Cl3N3O3/c1-13(27)25-6-8-26(9-7-25)18-4-3-15(11-16(18)22)24-20(28)12-29-19-5-2-14(21)10-17(19)23/h2-5,10-11H,6-9,12H2,1H3,(H,24,28). The van der Waals surface area contributed by atoms with Crippen molar-refractivity contribution in [1.29, 1.82) is 0 Å². The molecule has 2 amide bonds. The van der Waals surface area contributed by atoms with Crippen molar-refractivity contribution in [1.82, 2.24) is 4.90 Å². The number of halogens is 3. The number of nitrogens with zero attached hydrogens (tertiary/aromatic N) is 2. The molecule has 6 nitrogen and oxygen atoms in total. The minimum absolute atomic E-state index is 0.0795. The Hall–Kier alpha value is -2.15. The summed E-state index contributed by atoms with van der Waals surface area (Å²) in [5.41, 5.74) is 1.44. The molecule has 1 aliphatic rings. The molecule has 0 bridgehead atoms. The zero-order valence-corrected chi connectivity index (χ0v) is 18.0. The zero-order chi connectivity index (χ0) is 21.0. The van der Waals surface area contributed by atoms with Gasteiger partial charge in [0.25, 0.3) is 5.91 Å². The highest BCUT2D eigenvalue weighted by atomic mass is 35.5. The molecule has 0 aliphatic carbocycles. The first kappa shape index (κ1) is 21.6. The largest absolute Gasteiger partial charge is 0.482 e. The average molecular weight is 457 g/mol. The van der Waals surface area contributed by atoms with Gasteiger partial charge < -0.3 is 19.9 Å². The van der Waals surface area contributed by atoms with Crippen LogP contribution in [0.2, 0.25) is 15.1 Å². The fraction of sp³-hybridized carbons (Fsp3) is 0.300. The Morgan fingerprint density at radius 2 is 1.72 bits per heavy atom. The molecule has 9 heteroatoms. The maximum atomic E-state index is 12.2. The number of carbonyl (C=O) groups is 2. The predicted molar refractivity (Wildman–Crippen MR) is 117 cm³/mol. The van der Waals surface area contributed by atoms with E-state index in [1.54, 1.807) is 37.3 Å². The van der Waals surface area contributed by atoms with Crippen molar-refractivity contribution >= 4 is 58.0 Å². The number of hydrogen-bond acceptors (Lipinski definition) is 4. The van der Waals surface area contributed by atoms with Crippen LogP contribution in [0, 0.1) is 0 Å². The maximum absolute atomic E-state index is 12.2. The lowest BCUT2D eigenvalue weighted by atomic mass is 10.2. The van der Waals surface area contributed by atoms with E-state index in [1.165, 1.54) is 0 Å². The number of piperazine rings is 1. The molecule has 0 aromatic heterocycles. The van der Waals surface area contributed by atoms with Crippen molar-refractivity contribution in [2.75, 3.05) is 43.0 Å². The molecule has 2 aromatic rings. The SMILES string of the molecule is CC(=O)N1CCN(c2ccc(NC(=O)COc3ccc(Cl)cc3Cl)cc2Cl)CC1. The van der Waals surface area contributed by atoms with Gasteiger partial charge in [0.05, 0.1) is 15.7 Å². The quantitative estimate of drug-likeness (QED) is 0.727. The average Bonchev–Trinajstić information content (AvgIpc) is 2.67. The van der Waals surface area contributed by atoms with Gasteiger partial charge in [0.2, 0.25) is 5.91 Å². The minimum atomic E-state index is -0.338. The van der Waals surface area contributed by atoms with Crippen LogP contribution >= 0.6 is 34.8 Å². The Bertz CT molecular complexity index is 915. The van der Waals surface area contributed by atoms with E-state index in [1.807, 2.05) is 11.0 Å². The number of hydrogen-bond donors (Lipinski definition) is 1.